The second kappa shape index (κ2) is 2.42. The molecule has 0 radical (unpaired) electrons. The lowest BCUT2D eigenvalue weighted by Gasteiger charge is -2.31. The van der Waals surface area contributed by atoms with Crippen molar-refractivity contribution in [2.45, 2.75) is 26.3 Å². The smallest absolute Gasteiger partial charge is 0.0281 e. The summed E-state index contributed by atoms with van der Waals surface area (Å²) in [5, 5.41) is 0. The largest absolute Gasteiger partial charge is 0.378 e. The van der Waals surface area contributed by atoms with Gasteiger partial charge in [0.1, 0.15) is 0 Å². The molecule has 0 aromatic rings. The normalized spacial score (nSPS) is 35.2. The van der Waals surface area contributed by atoms with Crippen LogP contribution in [0.1, 0.15) is 20.3 Å². The average molecular weight is 125 g/mol. The quantitative estimate of drug-likeness (QED) is 0.477. The summed E-state index contributed by atoms with van der Waals surface area (Å²) >= 11 is 0. The van der Waals surface area contributed by atoms with Crippen LogP contribution in [0.3, 0.4) is 0 Å². The lowest BCUT2D eigenvalue weighted by Crippen LogP contribution is -2.32. The lowest BCUT2D eigenvalue weighted by molar-refractivity contribution is 0.249. The Morgan fingerprint density at radius 2 is 2.11 bits per heavy atom. The van der Waals surface area contributed by atoms with Gasteiger partial charge in [-0.3, -0.25) is 0 Å². The highest BCUT2D eigenvalue weighted by atomic mass is 15.1. The van der Waals surface area contributed by atoms with Crippen molar-refractivity contribution in [3.05, 3.63) is 12.3 Å². The van der Waals surface area contributed by atoms with Crippen molar-refractivity contribution in [1.82, 2.24) is 4.90 Å². The van der Waals surface area contributed by atoms with Gasteiger partial charge in [0.15, 0.2) is 0 Å². The molecule has 1 aliphatic heterocycles. The Morgan fingerprint density at radius 3 is 2.56 bits per heavy atom. The maximum Gasteiger partial charge on any atom is 0.0281 e. The van der Waals surface area contributed by atoms with Gasteiger partial charge in [0.05, 0.1) is 0 Å². The number of allylic oxidation sites excluding steroid dienone is 1. The number of hydrogen-bond donors (Lipinski definition) is 0. The van der Waals surface area contributed by atoms with Gasteiger partial charge >= 0.3 is 0 Å². The molecule has 52 valence electrons. The van der Waals surface area contributed by atoms with E-state index in [1.165, 1.54) is 6.42 Å². The van der Waals surface area contributed by atoms with Crippen LogP contribution in [0.4, 0.5) is 0 Å². The number of rotatable bonds is 0. The molecule has 1 rings (SSSR count). The summed E-state index contributed by atoms with van der Waals surface area (Å²) in [6.45, 7) is 4.57. The van der Waals surface area contributed by atoms with E-state index in [0.29, 0.717) is 0 Å². The van der Waals surface area contributed by atoms with Crippen molar-refractivity contribution in [2.75, 3.05) is 7.05 Å². The van der Waals surface area contributed by atoms with E-state index in [9.17, 15) is 0 Å². The fourth-order valence-corrected chi connectivity index (χ4v) is 1.18. The Bertz CT molecular complexity index is 118. The van der Waals surface area contributed by atoms with Gasteiger partial charge in [-0.2, -0.15) is 0 Å². The van der Waals surface area contributed by atoms with Crippen LogP contribution in [0.2, 0.25) is 0 Å². The van der Waals surface area contributed by atoms with E-state index in [1.54, 1.807) is 0 Å². The summed E-state index contributed by atoms with van der Waals surface area (Å²) in [6.07, 6.45) is 5.65. The Hall–Kier alpha value is -0.460. The summed E-state index contributed by atoms with van der Waals surface area (Å²) in [5.74, 6) is 0.819. The Kier molecular flexibility index (Phi) is 1.79. The van der Waals surface area contributed by atoms with Crippen molar-refractivity contribution in [2.24, 2.45) is 5.92 Å². The Labute approximate surface area is 57.4 Å². The van der Waals surface area contributed by atoms with E-state index >= 15 is 0 Å². The highest BCUT2D eigenvalue weighted by Crippen LogP contribution is 2.18. The molecule has 0 amide bonds. The van der Waals surface area contributed by atoms with Gasteiger partial charge in [0, 0.05) is 13.1 Å². The molecule has 0 fully saturated rings. The summed E-state index contributed by atoms with van der Waals surface area (Å²) in [6, 6.07) is 0.718. The Morgan fingerprint density at radius 1 is 1.44 bits per heavy atom. The minimum Gasteiger partial charge on any atom is -0.378 e. The molecule has 1 nitrogen and oxygen atoms in total. The van der Waals surface area contributed by atoms with Gasteiger partial charge in [0.25, 0.3) is 0 Å². The molecule has 1 heterocycles. The van der Waals surface area contributed by atoms with Gasteiger partial charge in [-0.15, -0.1) is 0 Å². The fourth-order valence-electron chi connectivity index (χ4n) is 1.18. The molecule has 0 saturated heterocycles. The van der Waals surface area contributed by atoms with Gasteiger partial charge in [-0.05, 0) is 25.5 Å². The predicted molar refractivity (Wildman–Crippen MR) is 40.1 cm³/mol. The maximum absolute atomic E-state index is 2.30. The monoisotopic (exact) mass is 125 g/mol. The Balaban J connectivity index is 2.58. The average Bonchev–Trinajstić information content (AvgIpc) is 1.83. The molecule has 0 unspecified atom stereocenters. The van der Waals surface area contributed by atoms with Crippen LogP contribution in [-0.4, -0.2) is 18.0 Å². The summed E-state index contributed by atoms with van der Waals surface area (Å²) < 4.78 is 0. The third-order valence-electron chi connectivity index (χ3n) is 2.31. The third-order valence-corrected chi connectivity index (χ3v) is 2.31. The van der Waals surface area contributed by atoms with Crippen molar-refractivity contribution in [3.8, 4) is 0 Å². The van der Waals surface area contributed by atoms with Crippen molar-refractivity contribution in [1.29, 1.82) is 0 Å². The van der Waals surface area contributed by atoms with E-state index in [4.69, 9.17) is 0 Å². The van der Waals surface area contributed by atoms with Crippen molar-refractivity contribution < 1.29 is 0 Å². The number of nitrogens with zero attached hydrogens (tertiary/aromatic N) is 1. The first-order valence-corrected chi connectivity index (χ1v) is 3.60. The minimum atomic E-state index is 0.718. The molecule has 0 aliphatic carbocycles. The van der Waals surface area contributed by atoms with Crippen LogP contribution in [0.25, 0.3) is 0 Å². The highest BCUT2D eigenvalue weighted by Gasteiger charge is 2.16. The van der Waals surface area contributed by atoms with Gasteiger partial charge < -0.3 is 4.90 Å². The van der Waals surface area contributed by atoms with Crippen LogP contribution in [-0.2, 0) is 0 Å². The highest BCUT2D eigenvalue weighted by molar-refractivity contribution is 4.93. The molecule has 0 aromatic carbocycles. The van der Waals surface area contributed by atoms with E-state index in [1.807, 2.05) is 0 Å². The molecule has 0 aromatic heterocycles. The third kappa shape index (κ3) is 1.26. The standard InChI is InChI=1S/C8H15N/c1-7-5-4-6-9(3)8(7)2/h4,6-8H,5H2,1-3H3/t7-,8-/m1/s1. The minimum absolute atomic E-state index is 0.718. The van der Waals surface area contributed by atoms with Crippen LogP contribution < -0.4 is 0 Å². The topological polar surface area (TPSA) is 3.24 Å². The first kappa shape index (κ1) is 6.66. The first-order chi connectivity index (χ1) is 4.22. The van der Waals surface area contributed by atoms with E-state index in [-0.39, 0.29) is 0 Å². The zero-order chi connectivity index (χ0) is 6.85. The predicted octanol–water partition coefficient (Wildman–Crippen LogP) is 1.86. The van der Waals surface area contributed by atoms with Crippen LogP contribution >= 0.6 is 0 Å². The van der Waals surface area contributed by atoms with Gasteiger partial charge in [-0.25, -0.2) is 0 Å². The van der Waals surface area contributed by atoms with Crippen LogP contribution in [0.5, 0.6) is 0 Å². The molecule has 2 atom stereocenters. The molecule has 0 bridgehead atoms. The number of hydrogen-bond acceptors (Lipinski definition) is 1. The van der Waals surface area contributed by atoms with E-state index in [2.05, 4.69) is 38.1 Å². The molecule has 1 heteroatoms. The van der Waals surface area contributed by atoms with Gasteiger partial charge in [-0.1, -0.05) is 13.0 Å². The fraction of sp³-hybridized carbons (Fsp3) is 0.750. The summed E-state index contributed by atoms with van der Waals surface area (Å²) in [5.41, 5.74) is 0. The molecule has 1 aliphatic rings. The van der Waals surface area contributed by atoms with Crippen molar-refractivity contribution in [3.63, 3.8) is 0 Å². The van der Waals surface area contributed by atoms with E-state index < -0.39 is 0 Å². The molecule has 0 saturated carbocycles. The SMILES string of the molecule is C[C@@H]1CC=CN(C)[C@@H]1C. The zero-order valence-corrected chi connectivity index (χ0v) is 6.46. The molecular formula is C8H15N. The second-order valence-corrected chi connectivity index (χ2v) is 3.00. The van der Waals surface area contributed by atoms with Crippen LogP contribution in [0.15, 0.2) is 12.3 Å². The first-order valence-electron chi connectivity index (χ1n) is 3.60. The van der Waals surface area contributed by atoms with Gasteiger partial charge in [0.2, 0.25) is 0 Å². The van der Waals surface area contributed by atoms with Crippen molar-refractivity contribution >= 4 is 0 Å². The van der Waals surface area contributed by atoms with Crippen LogP contribution in [0, 0.1) is 5.92 Å². The maximum atomic E-state index is 2.30. The molecule has 9 heavy (non-hydrogen) atoms. The molecule has 0 spiro atoms. The molecular weight excluding hydrogens is 110 g/mol. The van der Waals surface area contributed by atoms with E-state index in [0.717, 1.165) is 12.0 Å². The lowest BCUT2D eigenvalue weighted by atomic mass is 9.96. The zero-order valence-electron chi connectivity index (χ0n) is 6.46. The summed E-state index contributed by atoms with van der Waals surface area (Å²) in [4.78, 5) is 2.27. The molecule has 0 N–H and O–H groups in total. The second-order valence-electron chi connectivity index (χ2n) is 3.00. The summed E-state index contributed by atoms with van der Waals surface area (Å²) in [7, 11) is 2.14.